The molecule has 1 aromatic rings. The number of Topliss-reactive ketones (excluding diaryl/α,β-unsaturated/α-hetero) is 1. The summed E-state index contributed by atoms with van der Waals surface area (Å²) in [5.74, 6) is 1.95. The number of rotatable bonds is 6. The maximum atomic E-state index is 12.5. The molecule has 1 aliphatic heterocycles. The smallest absolute Gasteiger partial charge is 0.200 e. The van der Waals surface area contributed by atoms with Crippen LogP contribution < -0.4 is 4.74 Å². The van der Waals surface area contributed by atoms with Gasteiger partial charge in [-0.1, -0.05) is 25.5 Å². The lowest BCUT2D eigenvalue weighted by Gasteiger charge is -2.36. The van der Waals surface area contributed by atoms with Crippen LogP contribution in [0.3, 0.4) is 0 Å². The molecule has 0 aromatic heterocycles. The van der Waals surface area contributed by atoms with E-state index < -0.39 is 0 Å². The Balaban J connectivity index is 1.86. The van der Waals surface area contributed by atoms with Gasteiger partial charge < -0.3 is 14.2 Å². The van der Waals surface area contributed by atoms with Gasteiger partial charge in [0.05, 0.1) is 13.7 Å². The van der Waals surface area contributed by atoms with Crippen molar-refractivity contribution in [1.82, 2.24) is 0 Å². The summed E-state index contributed by atoms with van der Waals surface area (Å²) in [6.07, 6.45) is 4.89. The molecule has 0 saturated carbocycles. The van der Waals surface area contributed by atoms with Crippen molar-refractivity contribution in [2.45, 2.75) is 57.7 Å². The number of carbonyl (C=O) groups excluding carboxylic acids is 1. The first-order chi connectivity index (χ1) is 11.7. The standard InChI is InChI=1S/C20H26O4/c1-3-4-12-23-19-13-16(14-8-10-15(22-2)11-9-14)20-17(21)6-5-7-18(20)24-19/h8-11,16,19H,3-7,12-13H2,1-2H3. The van der Waals surface area contributed by atoms with Crippen LogP contribution in [0.1, 0.15) is 56.9 Å². The first kappa shape index (κ1) is 17.0. The normalized spacial score (nSPS) is 23.7. The lowest BCUT2D eigenvalue weighted by molar-refractivity contribution is -0.139. The Morgan fingerprint density at radius 2 is 2.00 bits per heavy atom. The molecule has 0 fully saturated rings. The molecule has 4 heteroatoms. The topological polar surface area (TPSA) is 44.8 Å². The number of ketones is 1. The highest BCUT2D eigenvalue weighted by Crippen LogP contribution is 2.42. The third kappa shape index (κ3) is 3.64. The molecule has 2 aliphatic rings. The van der Waals surface area contributed by atoms with E-state index in [1.165, 1.54) is 0 Å². The minimum Gasteiger partial charge on any atom is -0.497 e. The number of methoxy groups -OCH3 is 1. The van der Waals surface area contributed by atoms with Crippen LogP contribution in [-0.2, 0) is 14.3 Å². The van der Waals surface area contributed by atoms with E-state index in [0.717, 1.165) is 48.3 Å². The van der Waals surface area contributed by atoms with E-state index in [4.69, 9.17) is 14.2 Å². The van der Waals surface area contributed by atoms with Gasteiger partial charge in [0.25, 0.3) is 0 Å². The van der Waals surface area contributed by atoms with Gasteiger partial charge in [0, 0.05) is 30.8 Å². The summed E-state index contributed by atoms with van der Waals surface area (Å²) in [4.78, 5) is 12.5. The van der Waals surface area contributed by atoms with E-state index in [-0.39, 0.29) is 18.0 Å². The molecule has 0 amide bonds. The second kappa shape index (κ2) is 7.84. The molecule has 1 heterocycles. The van der Waals surface area contributed by atoms with Crippen molar-refractivity contribution in [3.05, 3.63) is 41.2 Å². The average molecular weight is 330 g/mol. The molecular weight excluding hydrogens is 304 g/mol. The van der Waals surface area contributed by atoms with Crippen LogP contribution in [0, 0.1) is 0 Å². The highest BCUT2D eigenvalue weighted by Gasteiger charge is 2.37. The highest BCUT2D eigenvalue weighted by atomic mass is 16.7. The zero-order valence-corrected chi connectivity index (χ0v) is 14.5. The Kier molecular flexibility index (Phi) is 5.56. The fourth-order valence-electron chi connectivity index (χ4n) is 3.46. The molecule has 1 aliphatic carbocycles. The maximum Gasteiger partial charge on any atom is 0.200 e. The first-order valence-corrected chi connectivity index (χ1v) is 8.91. The Labute approximate surface area is 143 Å². The molecule has 130 valence electrons. The third-order valence-corrected chi connectivity index (χ3v) is 4.78. The Hall–Kier alpha value is -1.81. The zero-order chi connectivity index (χ0) is 16.9. The molecule has 2 unspecified atom stereocenters. The van der Waals surface area contributed by atoms with Crippen LogP contribution in [0.4, 0.5) is 0 Å². The van der Waals surface area contributed by atoms with E-state index in [2.05, 4.69) is 6.92 Å². The molecule has 3 rings (SSSR count). The van der Waals surface area contributed by atoms with Gasteiger partial charge >= 0.3 is 0 Å². The lowest BCUT2D eigenvalue weighted by Crippen LogP contribution is -2.32. The van der Waals surface area contributed by atoms with Crippen LogP contribution in [0.25, 0.3) is 0 Å². The monoisotopic (exact) mass is 330 g/mol. The summed E-state index contributed by atoms with van der Waals surface area (Å²) in [7, 11) is 1.66. The van der Waals surface area contributed by atoms with Crippen molar-refractivity contribution in [3.63, 3.8) is 0 Å². The average Bonchev–Trinajstić information content (AvgIpc) is 2.61. The Morgan fingerprint density at radius 1 is 1.21 bits per heavy atom. The summed E-state index contributed by atoms with van der Waals surface area (Å²) in [5.41, 5.74) is 1.99. The minimum atomic E-state index is -0.256. The molecule has 0 saturated heterocycles. The van der Waals surface area contributed by atoms with Crippen LogP contribution in [0.2, 0.25) is 0 Å². The van der Waals surface area contributed by atoms with Gasteiger partial charge in [-0.3, -0.25) is 4.79 Å². The van der Waals surface area contributed by atoms with Gasteiger partial charge in [-0.2, -0.15) is 0 Å². The molecule has 0 N–H and O–H groups in total. The number of hydrogen-bond acceptors (Lipinski definition) is 4. The fraction of sp³-hybridized carbons (Fsp3) is 0.550. The number of benzene rings is 1. The van der Waals surface area contributed by atoms with E-state index in [1.807, 2.05) is 24.3 Å². The largest absolute Gasteiger partial charge is 0.497 e. The van der Waals surface area contributed by atoms with Gasteiger partial charge in [-0.15, -0.1) is 0 Å². The molecule has 0 bridgehead atoms. The van der Waals surface area contributed by atoms with E-state index in [1.54, 1.807) is 7.11 Å². The SMILES string of the molecule is CCCCOC1CC(c2ccc(OC)cc2)C2=C(CCCC2=O)O1. The summed E-state index contributed by atoms with van der Waals surface area (Å²) < 4.78 is 17.2. The van der Waals surface area contributed by atoms with Crippen molar-refractivity contribution >= 4 is 5.78 Å². The van der Waals surface area contributed by atoms with Gasteiger partial charge in [-0.05, 0) is 30.5 Å². The van der Waals surface area contributed by atoms with Gasteiger partial charge in [0.2, 0.25) is 0 Å². The van der Waals surface area contributed by atoms with Crippen LogP contribution >= 0.6 is 0 Å². The van der Waals surface area contributed by atoms with E-state index in [9.17, 15) is 4.79 Å². The molecular formula is C20H26O4. The van der Waals surface area contributed by atoms with Crippen molar-refractivity contribution in [1.29, 1.82) is 0 Å². The van der Waals surface area contributed by atoms with Crippen LogP contribution in [0.15, 0.2) is 35.6 Å². The molecule has 4 nitrogen and oxygen atoms in total. The maximum absolute atomic E-state index is 12.5. The van der Waals surface area contributed by atoms with Crippen molar-refractivity contribution < 1.29 is 19.0 Å². The van der Waals surface area contributed by atoms with Gasteiger partial charge in [-0.25, -0.2) is 0 Å². The first-order valence-electron chi connectivity index (χ1n) is 8.91. The van der Waals surface area contributed by atoms with Gasteiger partial charge in [0.1, 0.15) is 11.5 Å². The van der Waals surface area contributed by atoms with Crippen LogP contribution in [0.5, 0.6) is 5.75 Å². The van der Waals surface area contributed by atoms with Crippen LogP contribution in [-0.4, -0.2) is 25.8 Å². The van der Waals surface area contributed by atoms with Crippen molar-refractivity contribution in [2.24, 2.45) is 0 Å². The fourth-order valence-corrected chi connectivity index (χ4v) is 3.46. The number of allylic oxidation sites excluding steroid dienone is 2. The molecule has 24 heavy (non-hydrogen) atoms. The molecule has 2 atom stereocenters. The predicted octanol–water partition coefficient (Wildman–Crippen LogP) is 4.35. The second-order valence-corrected chi connectivity index (χ2v) is 6.45. The van der Waals surface area contributed by atoms with Crippen molar-refractivity contribution in [2.75, 3.05) is 13.7 Å². The zero-order valence-electron chi connectivity index (χ0n) is 14.5. The number of unbranched alkanes of at least 4 members (excludes halogenated alkanes) is 1. The highest BCUT2D eigenvalue weighted by molar-refractivity contribution is 5.98. The quantitative estimate of drug-likeness (QED) is 0.728. The molecule has 0 radical (unpaired) electrons. The Bertz CT molecular complexity index is 603. The Morgan fingerprint density at radius 3 is 2.71 bits per heavy atom. The number of hydrogen-bond donors (Lipinski definition) is 0. The predicted molar refractivity (Wildman–Crippen MR) is 92.0 cm³/mol. The summed E-state index contributed by atoms with van der Waals surface area (Å²) >= 11 is 0. The summed E-state index contributed by atoms with van der Waals surface area (Å²) in [5, 5.41) is 0. The summed E-state index contributed by atoms with van der Waals surface area (Å²) in [6.45, 7) is 2.85. The number of carbonyl (C=O) groups is 1. The third-order valence-electron chi connectivity index (χ3n) is 4.78. The van der Waals surface area contributed by atoms with E-state index in [0.29, 0.717) is 19.4 Å². The minimum absolute atomic E-state index is 0.0547. The number of ether oxygens (including phenoxy) is 3. The second-order valence-electron chi connectivity index (χ2n) is 6.45. The summed E-state index contributed by atoms with van der Waals surface area (Å²) in [6, 6.07) is 7.99. The lowest BCUT2D eigenvalue weighted by atomic mass is 9.79. The molecule has 0 spiro atoms. The van der Waals surface area contributed by atoms with Crippen molar-refractivity contribution in [3.8, 4) is 5.75 Å². The van der Waals surface area contributed by atoms with Gasteiger partial charge in [0.15, 0.2) is 12.1 Å². The molecule has 1 aromatic carbocycles. The van der Waals surface area contributed by atoms with E-state index >= 15 is 0 Å².